The first kappa shape index (κ1) is 74.7. The first-order chi connectivity index (χ1) is 37.6. The van der Waals surface area contributed by atoms with E-state index in [1.54, 1.807) is 0 Å². The summed E-state index contributed by atoms with van der Waals surface area (Å²) in [5.74, 6) is 0. The standard InChI is InChI=1S/C73H135NS2/c1-5-9-13-17-21-25-29-33-37-41-45-49-53-57-61-65-69-71(67-63-59-55-51-47-43-39-35-31-27-23-19-15-11-7-3)74(73(75)76)72(68-64-60-56-52-48-44-40-36-32-28-24-20-16-12-8-4)70-66-62-58-54-50-46-42-38-34-30-26-22-18-14-10-6-2/h23-24,27-28,33-40,71-72H,5-22,25-26,29-32,41-70H2,1-4H3,(H,75,76)/b27-23-,28-24-,37-33-,38-34-,39-35-,40-36-. The van der Waals surface area contributed by atoms with Gasteiger partial charge in [0.15, 0.2) is 0 Å². The van der Waals surface area contributed by atoms with Gasteiger partial charge >= 0.3 is 0 Å². The molecule has 0 aliphatic heterocycles. The van der Waals surface area contributed by atoms with E-state index in [0.717, 1.165) is 17.2 Å². The third kappa shape index (κ3) is 57.4. The SMILES string of the molecule is CCCCC/C=C\C/C=C\CCCCCCCC(CCCCCCCC/C=C\CCCCCCCC)N(C(=S)S)C(CCCCCCC/C=C\C/C=C\CCCCC)CCCCCCCC/C=C\CCCCCCCC. The Morgan fingerprint density at radius 3 is 0.658 bits per heavy atom. The second-order valence-electron chi connectivity index (χ2n) is 23.5. The summed E-state index contributed by atoms with van der Waals surface area (Å²) in [7, 11) is 0. The summed E-state index contributed by atoms with van der Waals surface area (Å²) >= 11 is 11.3. The highest BCUT2D eigenvalue weighted by Gasteiger charge is 2.26. The number of nitrogens with zero attached hydrogens (tertiary/aromatic N) is 1. The molecular formula is C73H135NS2. The van der Waals surface area contributed by atoms with Gasteiger partial charge in [-0.15, -0.1) is 12.6 Å². The first-order valence-electron chi connectivity index (χ1n) is 34.5. The molecule has 0 amide bonds. The maximum atomic E-state index is 6.18. The maximum Gasteiger partial charge on any atom is 0.133 e. The average molecular weight is 1090 g/mol. The van der Waals surface area contributed by atoms with Crippen molar-refractivity contribution in [1.82, 2.24) is 4.90 Å². The second-order valence-corrected chi connectivity index (χ2v) is 24.6. The molecule has 0 bridgehead atoms. The monoisotopic (exact) mass is 1090 g/mol. The van der Waals surface area contributed by atoms with Gasteiger partial charge in [-0.2, -0.15) is 0 Å². The Morgan fingerprint density at radius 2 is 0.434 bits per heavy atom. The number of unbranched alkanes of at least 4 members (excludes halogenated alkanes) is 40. The fourth-order valence-corrected chi connectivity index (χ4v) is 11.7. The molecule has 0 aromatic rings. The van der Waals surface area contributed by atoms with Gasteiger partial charge in [-0.1, -0.05) is 318 Å². The van der Waals surface area contributed by atoms with Crippen molar-refractivity contribution in [1.29, 1.82) is 0 Å². The molecule has 0 fully saturated rings. The van der Waals surface area contributed by atoms with Gasteiger partial charge in [0.25, 0.3) is 0 Å². The van der Waals surface area contributed by atoms with Crippen LogP contribution in [0.1, 0.15) is 374 Å². The molecule has 0 rings (SSSR count). The number of thiol groups is 1. The molecule has 2 atom stereocenters. The molecule has 0 aromatic heterocycles. The van der Waals surface area contributed by atoms with E-state index in [0.29, 0.717) is 12.1 Å². The number of allylic oxidation sites excluding steroid dienone is 12. The van der Waals surface area contributed by atoms with Crippen molar-refractivity contribution >= 4 is 29.2 Å². The van der Waals surface area contributed by atoms with Crippen LogP contribution in [0.3, 0.4) is 0 Å². The molecule has 0 saturated heterocycles. The molecule has 0 saturated carbocycles. The predicted octanol–water partition coefficient (Wildman–Crippen LogP) is 26.7. The number of hydrogen-bond acceptors (Lipinski definition) is 1. The van der Waals surface area contributed by atoms with Crippen LogP contribution in [0, 0.1) is 0 Å². The van der Waals surface area contributed by atoms with Crippen molar-refractivity contribution < 1.29 is 0 Å². The summed E-state index contributed by atoms with van der Waals surface area (Å²) in [6, 6.07) is 1.08. The molecule has 3 heteroatoms. The van der Waals surface area contributed by atoms with Gasteiger partial charge < -0.3 is 4.90 Å². The van der Waals surface area contributed by atoms with Crippen LogP contribution in [0.25, 0.3) is 0 Å². The fraction of sp³-hybridized carbons (Fsp3) is 0.822. The van der Waals surface area contributed by atoms with Crippen LogP contribution in [-0.4, -0.2) is 21.3 Å². The lowest BCUT2D eigenvalue weighted by atomic mass is 9.94. The fourth-order valence-electron chi connectivity index (χ4n) is 11.1. The van der Waals surface area contributed by atoms with Crippen molar-refractivity contribution in [2.24, 2.45) is 0 Å². The Labute approximate surface area is 490 Å². The highest BCUT2D eigenvalue weighted by molar-refractivity contribution is 8.10. The van der Waals surface area contributed by atoms with Gasteiger partial charge in [-0.25, -0.2) is 0 Å². The highest BCUT2D eigenvalue weighted by Crippen LogP contribution is 2.28. The molecule has 0 spiro atoms. The van der Waals surface area contributed by atoms with E-state index >= 15 is 0 Å². The van der Waals surface area contributed by atoms with Crippen molar-refractivity contribution in [2.45, 2.75) is 387 Å². The zero-order valence-electron chi connectivity index (χ0n) is 52.1. The molecule has 0 aromatic carbocycles. The zero-order chi connectivity index (χ0) is 55.0. The smallest absolute Gasteiger partial charge is 0.133 e. The van der Waals surface area contributed by atoms with E-state index in [4.69, 9.17) is 24.8 Å². The summed E-state index contributed by atoms with van der Waals surface area (Å²) in [6.45, 7) is 9.19. The topological polar surface area (TPSA) is 3.24 Å². The lowest BCUT2D eigenvalue weighted by Crippen LogP contribution is -2.45. The minimum Gasteiger partial charge on any atom is -0.352 e. The number of hydrogen-bond donors (Lipinski definition) is 1. The van der Waals surface area contributed by atoms with Crippen LogP contribution >= 0.6 is 24.8 Å². The van der Waals surface area contributed by atoms with E-state index < -0.39 is 0 Å². The Morgan fingerprint density at radius 1 is 0.263 bits per heavy atom. The molecule has 76 heavy (non-hydrogen) atoms. The van der Waals surface area contributed by atoms with Crippen molar-refractivity contribution in [2.75, 3.05) is 0 Å². The lowest BCUT2D eigenvalue weighted by molar-refractivity contribution is 0.189. The predicted molar refractivity (Wildman–Crippen MR) is 358 cm³/mol. The molecule has 2 unspecified atom stereocenters. The number of rotatable bonds is 62. The van der Waals surface area contributed by atoms with Crippen molar-refractivity contribution in [3.05, 3.63) is 72.9 Å². The Kier molecular flexibility index (Phi) is 65.0. The normalized spacial score (nSPS) is 13.2. The summed E-state index contributed by atoms with van der Waals surface area (Å²) in [6.07, 6.45) is 101. The Bertz CT molecular complexity index is 1210. The summed E-state index contributed by atoms with van der Waals surface area (Å²) in [5, 5.41) is 0. The van der Waals surface area contributed by atoms with Crippen molar-refractivity contribution in [3.63, 3.8) is 0 Å². The first-order valence-corrected chi connectivity index (χ1v) is 35.4. The van der Waals surface area contributed by atoms with Gasteiger partial charge in [0.05, 0.1) is 0 Å². The van der Waals surface area contributed by atoms with E-state index in [9.17, 15) is 0 Å². The Hall–Kier alpha value is -1.32. The van der Waals surface area contributed by atoms with E-state index in [2.05, 4.69) is 106 Å². The molecule has 0 aliphatic carbocycles. The largest absolute Gasteiger partial charge is 0.352 e. The van der Waals surface area contributed by atoms with Crippen LogP contribution < -0.4 is 0 Å². The minimum absolute atomic E-state index is 0.539. The molecule has 444 valence electrons. The second kappa shape index (κ2) is 66.2. The summed E-state index contributed by atoms with van der Waals surface area (Å²) < 4.78 is 0.884. The summed E-state index contributed by atoms with van der Waals surface area (Å²) in [5.41, 5.74) is 0. The molecule has 0 N–H and O–H groups in total. The maximum absolute atomic E-state index is 6.18. The van der Waals surface area contributed by atoms with Gasteiger partial charge in [0.2, 0.25) is 0 Å². The van der Waals surface area contributed by atoms with Crippen LogP contribution in [0.2, 0.25) is 0 Å². The molecule has 0 heterocycles. The number of thiocarbonyl (C=S) groups is 1. The summed E-state index contributed by atoms with van der Waals surface area (Å²) in [4.78, 5) is 2.74. The van der Waals surface area contributed by atoms with Crippen LogP contribution in [0.4, 0.5) is 0 Å². The van der Waals surface area contributed by atoms with Crippen LogP contribution in [0.5, 0.6) is 0 Å². The van der Waals surface area contributed by atoms with Gasteiger partial charge in [-0.05, 0) is 141 Å². The van der Waals surface area contributed by atoms with E-state index in [-0.39, 0.29) is 0 Å². The van der Waals surface area contributed by atoms with Gasteiger partial charge in [0.1, 0.15) is 4.32 Å². The van der Waals surface area contributed by atoms with Gasteiger partial charge in [-0.3, -0.25) is 0 Å². The third-order valence-corrected chi connectivity index (χ3v) is 16.5. The van der Waals surface area contributed by atoms with Crippen LogP contribution in [0.15, 0.2) is 72.9 Å². The third-order valence-electron chi connectivity index (χ3n) is 16.1. The van der Waals surface area contributed by atoms with Gasteiger partial charge in [0, 0.05) is 12.1 Å². The quantitative estimate of drug-likeness (QED) is 0.0280. The molecule has 1 nitrogen and oxygen atoms in total. The van der Waals surface area contributed by atoms with Crippen molar-refractivity contribution in [3.8, 4) is 0 Å². The average Bonchev–Trinajstić information content (AvgIpc) is 3.42. The Balaban J connectivity index is 5.40. The lowest BCUT2D eigenvalue weighted by Gasteiger charge is -2.40. The van der Waals surface area contributed by atoms with Crippen LogP contribution in [-0.2, 0) is 0 Å². The molecular weight excluding hydrogens is 955 g/mol. The highest BCUT2D eigenvalue weighted by atomic mass is 32.1. The molecule has 0 radical (unpaired) electrons. The minimum atomic E-state index is 0.539. The zero-order valence-corrected chi connectivity index (χ0v) is 53.8. The molecule has 0 aliphatic rings. The van der Waals surface area contributed by atoms with E-state index in [1.807, 2.05) is 0 Å². The van der Waals surface area contributed by atoms with E-state index in [1.165, 1.54) is 334 Å².